The van der Waals surface area contributed by atoms with Crippen molar-refractivity contribution in [2.45, 2.75) is 18.8 Å². The molecule has 1 aromatic carbocycles. The van der Waals surface area contributed by atoms with Gasteiger partial charge in [-0.15, -0.1) is 0 Å². The number of nitrogens with two attached hydrogens (primary N) is 1. The molecule has 0 amide bonds. The summed E-state index contributed by atoms with van der Waals surface area (Å²) in [7, 11) is 0. The van der Waals surface area contributed by atoms with E-state index in [9.17, 15) is 0 Å². The molecule has 0 aliphatic carbocycles. The number of aromatic amines is 1. The number of anilines is 1. The van der Waals surface area contributed by atoms with Gasteiger partial charge >= 0.3 is 0 Å². The quantitative estimate of drug-likeness (QED) is 0.870. The lowest BCUT2D eigenvalue weighted by molar-refractivity contribution is 0.637. The summed E-state index contributed by atoms with van der Waals surface area (Å²) in [5.74, 6) is 3.96. The second kappa shape index (κ2) is 5.06. The van der Waals surface area contributed by atoms with Crippen molar-refractivity contribution in [1.82, 2.24) is 10.2 Å². The van der Waals surface area contributed by atoms with Crippen molar-refractivity contribution in [2.75, 3.05) is 17.2 Å². The fraction of sp³-hybridized carbons (Fsp3) is 0.357. The average molecular weight is 259 g/mol. The molecule has 1 saturated heterocycles. The first-order valence-corrected chi connectivity index (χ1v) is 7.47. The van der Waals surface area contributed by atoms with Crippen molar-refractivity contribution in [2.24, 2.45) is 0 Å². The first-order chi connectivity index (χ1) is 8.84. The summed E-state index contributed by atoms with van der Waals surface area (Å²) in [6.45, 7) is 0. The Morgan fingerprint density at radius 3 is 2.50 bits per heavy atom. The first kappa shape index (κ1) is 11.7. The molecule has 94 valence electrons. The SMILES string of the molecule is Nc1[nH]ncc1-c1ccc(C2CCSCC2)cc1. The molecule has 3 nitrogen and oxygen atoms in total. The van der Waals surface area contributed by atoms with E-state index in [2.05, 4.69) is 46.2 Å². The summed E-state index contributed by atoms with van der Waals surface area (Å²) >= 11 is 2.07. The van der Waals surface area contributed by atoms with Crippen molar-refractivity contribution >= 4 is 17.6 Å². The Morgan fingerprint density at radius 2 is 1.89 bits per heavy atom. The van der Waals surface area contributed by atoms with E-state index >= 15 is 0 Å². The van der Waals surface area contributed by atoms with Gasteiger partial charge in [-0.1, -0.05) is 24.3 Å². The average Bonchev–Trinajstić information content (AvgIpc) is 2.86. The van der Waals surface area contributed by atoms with E-state index in [0.717, 1.165) is 17.0 Å². The first-order valence-electron chi connectivity index (χ1n) is 6.31. The lowest BCUT2D eigenvalue weighted by Crippen LogP contribution is -2.07. The van der Waals surface area contributed by atoms with Gasteiger partial charge in [0.15, 0.2) is 0 Å². The topological polar surface area (TPSA) is 54.7 Å². The van der Waals surface area contributed by atoms with Crippen molar-refractivity contribution in [3.8, 4) is 11.1 Å². The van der Waals surface area contributed by atoms with Crippen LogP contribution in [0.15, 0.2) is 30.5 Å². The number of nitrogen functional groups attached to an aromatic ring is 1. The lowest BCUT2D eigenvalue weighted by Gasteiger charge is -2.21. The summed E-state index contributed by atoms with van der Waals surface area (Å²) in [5, 5.41) is 6.73. The monoisotopic (exact) mass is 259 g/mol. The Morgan fingerprint density at radius 1 is 1.17 bits per heavy atom. The lowest BCUT2D eigenvalue weighted by atomic mass is 9.92. The van der Waals surface area contributed by atoms with Crippen LogP contribution >= 0.6 is 11.8 Å². The number of hydrogen-bond acceptors (Lipinski definition) is 3. The number of H-pyrrole nitrogens is 1. The number of hydrogen-bond donors (Lipinski definition) is 2. The largest absolute Gasteiger partial charge is 0.384 e. The normalized spacial score (nSPS) is 16.9. The predicted octanol–water partition coefficient (Wildman–Crippen LogP) is 3.27. The molecule has 18 heavy (non-hydrogen) atoms. The minimum Gasteiger partial charge on any atom is -0.384 e. The summed E-state index contributed by atoms with van der Waals surface area (Å²) < 4.78 is 0. The number of benzene rings is 1. The van der Waals surface area contributed by atoms with Crippen molar-refractivity contribution < 1.29 is 0 Å². The van der Waals surface area contributed by atoms with Crippen LogP contribution in [0.1, 0.15) is 24.3 Å². The van der Waals surface area contributed by atoms with Crippen molar-refractivity contribution in [3.63, 3.8) is 0 Å². The Balaban J connectivity index is 1.82. The van der Waals surface area contributed by atoms with Crippen molar-refractivity contribution in [1.29, 1.82) is 0 Å². The highest BCUT2D eigenvalue weighted by Crippen LogP contribution is 2.33. The number of nitrogens with one attached hydrogen (secondary N) is 1. The molecule has 1 aliphatic rings. The summed E-state index contributed by atoms with van der Waals surface area (Å²) in [5.41, 5.74) is 9.41. The van der Waals surface area contributed by atoms with E-state index in [1.54, 1.807) is 6.20 Å². The second-order valence-electron chi connectivity index (χ2n) is 4.71. The maximum absolute atomic E-state index is 5.83. The third kappa shape index (κ3) is 2.25. The molecule has 0 bridgehead atoms. The number of nitrogens with zero attached hydrogens (tertiary/aromatic N) is 1. The molecule has 1 aromatic heterocycles. The van der Waals surface area contributed by atoms with Gasteiger partial charge in [-0.3, -0.25) is 5.10 Å². The molecule has 4 heteroatoms. The fourth-order valence-electron chi connectivity index (χ4n) is 2.49. The van der Waals surface area contributed by atoms with Crippen LogP contribution in [0.25, 0.3) is 11.1 Å². The summed E-state index contributed by atoms with van der Waals surface area (Å²) in [6, 6.07) is 8.78. The van der Waals surface area contributed by atoms with Gasteiger partial charge < -0.3 is 5.73 Å². The van der Waals surface area contributed by atoms with Crippen LogP contribution in [0.2, 0.25) is 0 Å². The van der Waals surface area contributed by atoms with Crippen molar-refractivity contribution in [3.05, 3.63) is 36.0 Å². The standard InChI is InChI=1S/C14H17N3S/c15-14-13(9-16-17-14)12-3-1-10(2-4-12)11-5-7-18-8-6-11/h1-4,9,11H,5-8H2,(H3,15,16,17). The van der Waals surface area contributed by atoms with Gasteiger partial charge in [0.05, 0.1) is 6.20 Å². The maximum atomic E-state index is 5.83. The van der Waals surface area contributed by atoms with E-state index < -0.39 is 0 Å². The molecule has 1 fully saturated rings. The van der Waals surface area contributed by atoms with E-state index in [0.29, 0.717) is 5.82 Å². The van der Waals surface area contributed by atoms with Crippen LogP contribution < -0.4 is 5.73 Å². The van der Waals surface area contributed by atoms with Crippen LogP contribution in [-0.4, -0.2) is 21.7 Å². The minimum absolute atomic E-state index is 0.636. The molecule has 2 aromatic rings. The molecule has 0 saturated carbocycles. The zero-order valence-electron chi connectivity index (χ0n) is 10.2. The number of aromatic nitrogens is 2. The van der Waals surface area contributed by atoms with E-state index in [4.69, 9.17) is 5.73 Å². The van der Waals surface area contributed by atoms with Gasteiger partial charge in [-0.25, -0.2) is 0 Å². The number of thioether (sulfide) groups is 1. The molecule has 1 aliphatic heterocycles. The van der Waals surface area contributed by atoms with E-state index in [-0.39, 0.29) is 0 Å². The molecular weight excluding hydrogens is 242 g/mol. The van der Waals surface area contributed by atoms with Gasteiger partial charge in [-0.05, 0) is 41.4 Å². The van der Waals surface area contributed by atoms with Crippen LogP contribution in [0.3, 0.4) is 0 Å². The molecule has 3 N–H and O–H groups in total. The van der Waals surface area contributed by atoms with Crippen LogP contribution in [0.4, 0.5) is 5.82 Å². The Bertz CT molecular complexity index is 512. The number of rotatable bonds is 2. The molecule has 0 unspecified atom stereocenters. The van der Waals surface area contributed by atoms with Crippen LogP contribution in [0, 0.1) is 0 Å². The predicted molar refractivity (Wildman–Crippen MR) is 77.7 cm³/mol. The third-order valence-corrected chi connectivity index (χ3v) is 4.63. The third-order valence-electron chi connectivity index (χ3n) is 3.58. The Kier molecular flexibility index (Phi) is 3.28. The molecule has 0 spiro atoms. The highest BCUT2D eigenvalue weighted by Gasteiger charge is 2.15. The highest BCUT2D eigenvalue weighted by atomic mass is 32.2. The van der Waals surface area contributed by atoms with Gasteiger partial charge in [-0.2, -0.15) is 16.9 Å². The Hall–Kier alpha value is -1.42. The molecular formula is C14H17N3S. The molecule has 3 rings (SSSR count). The fourth-order valence-corrected chi connectivity index (χ4v) is 3.60. The van der Waals surface area contributed by atoms with Gasteiger partial charge in [0.1, 0.15) is 5.82 Å². The Labute approximate surface area is 111 Å². The molecule has 0 atom stereocenters. The van der Waals surface area contributed by atoms with Gasteiger partial charge in [0.25, 0.3) is 0 Å². The zero-order chi connectivity index (χ0) is 12.4. The summed E-state index contributed by atoms with van der Waals surface area (Å²) in [6.07, 6.45) is 4.39. The maximum Gasteiger partial charge on any atom is 0.126 e. The second-order valence-corrected chi connectivity index (χ2v) is 5.93. The summed E-state index contributed by atoms with van der Waals surface area (Å²) in [4.78, 5) is 0. The highest BCUT2D eigenvalue weighted by molar-refractivity contribution is 7.99. The molecule has 2 heterocycles. The van der Waals surface area contributed by atoms with Gasteiger partial charge in [0.2, 0.25) is 0 Å². The van der Waals surface area contributed by atoms with E-state index in [1.807, 2.05) is 0 Å². The minimum atomic E-state index is 0.636. The van der Waals surface area contributed by atoms with Crippen LogP contribution in [-0.2, 0) is 0 Å². The smallest absolute Gasteiger partial charge is 0.126 e. The van der Waals surface area contributed by atoms with Crippen LogP contribution in [0.5, 0.6) is 0 Å². The van der Waals surface area contributed by atoms with E-state index in [1.165, 1.54) is 29.9 Å². The van der Waals surface area contributed by atoms with Gasteiger partial charge in [0, 0.05) is 5.56 Å². The zero-order valence-corrected chi connectivity index (χ0v) is 11.0. The molecule has 0 radical (unpaired) electrons.